The van der Waals surface area contributed by atoms with E-state index in [-0.39, 0.29) is 18.9 Å². The van der Waals surface area contributed by atoms with Gasteiger partial charge in [-0.3, -0.25) is 9.59 Å². The van der Waals surface area contributed by atoms with Crippen LogP contribution in [0.4, 0.5) is 5.69 Å². The van der Waals surface area contributed by atoms with Crippen LogP contribution in [0.3, 0.4) is 0 Å². The Bertz CT molecular complexity index is 861. The highest BCUT2D eigenvalue weighted by Gasteiger charge is 2.15. The third-order valence-corrected chi connectivity index (χ3v) is 5.36. The Morgan fingerprint density at radius 2 is 1.63 bits per heavy atom. The molecule has 0 aliphatic heterocycles. The van der Waals surface area contributed by atoms with Gasteiger partial charge in [0.1, 0.15) is 0 Å². The highest BCUT2D eigenvalue weighted by molar-refractivity contribution is 7.98. The fraction of sp³-hybridized carbons (Fsp3) is 0.455. The van der Waals surface area contributed by atoms with E-state index >= 15 is 0 Å². The van der Waals surface area contributed by atoms with E-state index in [1.54, 1.807) is 11.9 Å². The van der Waals surface area contributed by atoms with Gasteiger partial charge in [0.2, 0.25) is 0 Å². The first-order chi connectivity index (χ1) is 14.2. The number of carbonyl (C=O) groups excluding carboxylic acids is 2. The van der Waals surface area contributed by atoms with Crippen molar-refractivity contribution in [3.63, 3.8) is 0 Å². The molecule has 0 unspecified atom stereocenters. The number of thioether (sulfide) groups is 1. The number of esters is 1. The first-order valence-electron chi connectivity index (χ1n) is 9.75. The van der Waals surface area contributed by atoms with Crippen molar-refractivity contribution in [2.45, 2.75) is 38.4 Å². The Balaban J connectivity index is 1.80. The Labute approximate surface area is 182 Å². The molecule has 1 amide bonds. The summed E-state index contributed by atoms with van der Waals surface area (Å²) in [6.07, 6.45) is 2.61. The molecule has 0 N–H and O–H groups in total. The molecule has 30 heavy (non-hydrogen) atoms. The number of hydrogen-bond donors (Lipinski definition) is 0. The van der Waals surface area contributed by atoms with E-state index in [0.29, 0.717) is 13.0 Å². The largest absolute Gasteiger partial charge is 0.456 e. The molecule has 2 rings (SSSR count). The van der Waals surface area contributed by atoms with Crippen molar-refractivity contribution in [2.24, 2.45) is 0 Å². The molecular weight excluding hydrogens is 400 g/mol. The summed E-state index contributed by atoms with van der Waals surface area (Å²) in [5.41, 5.74) is 4.81. The summed E-state index contributed by atoms with van der Waals surface area (Å²) in [5, 5.41) is 0.723. The number of carbonyl (C=O) groups is 2. The number of aryl methyl sites for hydroxylation is 2. The fourth-order valence-electron chi connectivity index (χ4n) is 2.97. The number of benzene rings is 1. The lowest BCUT2D eigenvalue weighted by Gasteiger charge is -2.18. The van der Waals surface area contributed by atoms with Gasteiger partial charge in [0, 0.05) is 51.2 Å². The van der Waals surface area contributed by atoms with Crippen molar-refractivity contribution in [1.82, 2.24) is 14.9 Å². The van der Waals surface area contributed by atoms with E-state index in [0.717, 1.165) is 33.4 Å². The highest BCUT2D eigenvalue weighted by atomic mass is 32.2. The van der Waals surface area contributed by atoms with E-state index in [1.807, 2.05) is 63.4 Å². The molecule has 0 fully saturated rings. The summed E-state index contributed by atoms with van der Waals surface area (Å²) < 4.78 is 5.18. The van der Waals surface area contributed by atoms with Gasteiger partial charge < -0.3 is 14.5 Å². The smallest absolute Gasteiger partial charge is 0.306 e. The van der Waals surface area contributed by atoms with Crippen molar-refractivity contribution in [3.05, 3.63) is 46.8 Å². The number of likely N-dealkylation sites (N-methyl/N-ethyl adjacent to an activating group) is 1. The first kappa shape index (κ1) is 23.7. The number of nitrogens with zero attached hydrogens (tertiary/aromatic N) is 4. The molecule has 0 bridgehead atoms. The van der Waals surface area contributed by atoms with Crippen LogP contribution < -0.4 is 4.90 Å². The van der Waals surface area contributed by atoms with Gasteiger partial charge in [0.15, 0.2) is 11.8 Å². The minimum atomic E-state index is -0.403. The molecule has 2 aromatic rings. The van der Waals surface area contributed by atoms with Gasteiger partial charge in [0.25, 0.3) is 5.91 Å². The Kier molecular flexibility index (Phi) is 8.65. The number of ether oxygens (including phenoxy) is 1. The van der Waals surface area contributed by atoms with Crippen LogP contribution >= 0.6 is 11.8 Å². The topological polar surface area (TPSA) is 75.6 Å². The molecule has 1 aromatic carbocycles. The minimum absolute atomic E-state index is 0.187. The molecule has 1 aromatic heterocycles. The van der Waals surface area contributed by atoms with Gasteiger partial charge in [0.05, 0.1) is 0 Å². The SMILES string of the molecule is CSc1nc(C)c(CCC(=O)OCC(=O)N(C)Cc2ccc(N(C)C)cc2)c(C)n1. The van der Waals surface area contributed by atoms with Crippen LogP contribution in [0.15, 0.2) is 29.4 Å². The zero-order valence-electron chi connectivity index (χ0n) is 18.6. The summed E-state index contributed by atoms with van der Waals surface area (Å²) in [6, 6.07) is 7.99. The van der Waals surface area contributed by atoms with Crippen LogP contribution in [-0.4, -0.2) is 60.8 Å². The minimum Gasteiger partial charge on any atom is -0.456 e. The van der Waals surface area contributed by atoms with Gasteiger partial charge in [-0.25, -0.2) is 9.97 Å². The zero-order valence-corrected chi connectivity index (χ0v) is 19.4. The van der Waals surface area contributed by atoms with E-state index in [4.69, 9.17) is 4.74 Å². The van der Waals surface area contributed by atoms with Crippen LogP contribution in [0.5, 0.6) is 0 Å². The second-order valence-corrected chi connectivity index (χ2v) is 8.10. The third kappa shape index (κ3) is 6.73. The molecule has 162 valence electrons. The summed E-state index contributed by atoms with van der Waals surface area (Å²) in [6.45, 7) is 4.03. The van der Waals surface area contributed by atoms with Crippen LogP contribution in [0.2, 0.25) is 0 Å². The molecule has 0 aliphatic carbocycles. The lowest BCUT2D eigenvalue weighted by atomic mass is 10.1. The maximum atomic E-state index is 12.3. The maximum absolute atomic E-state index is 12.3. The lowest BCUT2D eigenvalue weighted by molar-refractivity contribution is -0.151. The van der Waals surface area contributed by atoms with Crippen LogP contribution in [-0.2, 0) is 27.3 Å². The molecule has 0 radical (unpaired) electrons. The number of hydrogen-bond acceptors (Lipinski definition) is 7. The van der Waals surface area contributed by atoms with Crippen molar-refractivity contribution in [3.8, 4) is 0 Å². The van der Waals surface area contributed by atoms with E-state index < -0.39 is 5.97 Å². The first-order valence-corrected chi connectivity index (χ1v) is 11.0. The van der Waals surface area contributed by atoms with E-state index in [2.05, 4.69) is 9.97 Å². The molecule has 0 saturated heterocycles. The van der Waals surface area contributed by atoms with Gasteiger partial charge >= 0.3 is 5.97 Å². The van der Waals surface area contributed by atoms with Crippen LogP contribution in [0, 0.1) is 13.8 Å². The van der Waals surface area contributed by atoms with E-state index in [1.165, 1.54) is 11.8 Å². The van der Waals surface area contributed by atoms with Gasteiger partial charge in [-0.1, -0.05) is 23.9 Å². The van der Waals surface area contributed by atoms with Gasteiger partial charge in [-0.2, -0.15) is 0 Å². The summed E-state index contributed by atoms with van der Waals surface area (Å²) >= 11 is 1.49. The summed E-state index contributed by atoms with van der Waals surface area (Å²) in [5.74, 6) is -0.639. The van der Waals surface area contributed by atoms with Crippen LogP contribution in [0.1, 0.15) is 28.9 Å². The van der Waals surface area contributed by atoms with Gasteiger partial charge in [-0.15, -0.1) is 0 Å². The van der Waals surface area contributed by atoms with Crippen molar-refractivity contribution < 1.29 is 14.3 Å². The molecule has 0 saturated carbocycles. The second-order valence-electron chi connectivity index (χ2n) is 7.33. The maximum Gasteiger partial charge on any atom is 0.306 e. The molecule has 1 heterocycles. The van der Waals surface area contributed by atoms with Crippen LogP contribution in [0.25, 0.3) is 0 Å². The number of aromatic nitrogens is 2. The average Bonchev–Trinajstić information content (AvgIpc) is 2.71. The Morgan fingerprint density at radius 1 is 1.03 bits per heavy atom. The molecular formula is C22H30N4O3S. The number of anilines is 1. The fourth-order valence-corrected chi connectivity index (χ4v) is 3.43. The summed E-state index contributed by atoms with van der Waals surface area (Å²) in [4.78, 5) is 36.8. The van der Waals surface area contributed by atoms with Gasteiger partial charge in [-0.05, 0) is 49.8 Å². The quantitative estimate of drug-likeness (QED) is 0.344. The Hall–Kier alpha value is -2.61. The van der Waals surface area contributed by atoms with E-state index in [9.17, 15) is 9.59 Å². The zero-order chi connectivity index (χ0) is 22.3. The number of amides is 1. The standard InChI is InChI=1S/C22H30N4O3S/c1-15-19(16(2)24-22(23-15)30-6)11-12-21(28)29-14-20(27)26(5)13-17-7-9-18(10-8-17)25(3)4/h7-10H,11-14H2,1-6H3. The predicted molar refractivity (Wildman–Crippen MR) is 120 cm³/mol. The molecule has 8 heteroatoms. The molecule has 0 aliphatic rings. The van der Waals surface area contributed by atoms with Crippen molar-refractivity contribution in [1.29, 1.82) is 0 Å². The molecule has 0 spiro atoms. The predicted octanol–water partition coefficient (Wildman–Crippen LogP) is 3.02. The highest BCUT2D eigenvalue weighted by Crippen LogP contribution is 2.17. The lowest BCUT2D eigenvalue weighted by Crippen LogP contribution is -2.30. The second kappa shape index (κ2) is 11.0. The van der Waals surface area contributed by atoms with Crippen molar-refractivity contribution in [2.75, 3.05) is 38.9 Å². The third-order valence-electron chi connectivity index (χ3n) is 4.82. The summed E-state index contributed by atoms with van der Waals surface area (Å²) in [7, 11) is 5.66. The molecule has 0 atom stereocenters. The Morgan fingerprint density at radius 3 is 2.17 bits per heavy atom. The average molecular weight is 431 g/mol. The monoisotopic (exact) mass is 430 g/mol. The number of rotatable bonds is 9. The molecule has 7 nitrogen and oxygen atoms in total. The van der Waals surface area contributed by atoms with Crippen molar-refractivity contribution >= 4 is 29.3 Å². The normalized spacial score (nSPS) is 10.6.